The van der Waals surface area contributed by atoms with Gasteiger partial charge in [-0.15, -0.1) is 0 Å². The number of hydrogen-bond donors (Lipinski definition) is 0. The minimum absolute atomic E-state index is 0.200. The van der Waals surface area contributed by atoms with E-state index in [0.717, 1.165) is 10.5 Å². The zero-order valence-electron chi connectivity index (χ0n) is 16.4. The van der Waals surface area contributed by atoms with Crippen LogP contribution in [0.4, 0.5) is 5.69 Å². The van der Waals surface area contributed by atoms with E-state index in [1.165, 1.54) is 12.3 Å². The molecule has 0 bridgehead atoms. The number of carbonyl (C=O) groups excluding carboxylic acids is 2. The normalized spacial score (nSPS) is 13.2. The van der Waals surface area contributed by atoms with E-state index in [-0.39, 0.29) is 21.8 Å². The summed E-state index contributed by atoms with van der Waals surface area (Å²) in [4.78, 5) is 32.1. The molecule has 1 aliphatic heterocycles. The number of benzene rings is 2. The standard InChI is InChI=1S/C22H14Cl2N4O3/c1-27-20-18(19(26-27)11-3-6-13(31-2)7-4-11)17-14(10-25-20)21(29)28(22(17)30)16-8-5-12(23)9-15(16)24/h3-10H,1-2H3. The highest BCUT2D eigenvalue weighted by molar-refractivity contribution is 6.42. The summed E-state index contributed by atoms with van der Waals surface area (Å²) in [6.07, 6.45) is 1.40. The fourth-order valence-electron chi connectivity index (χ4n) is 3.76. The average molecular weight is 453 g/mol. The number of pyridine rings is 1. The highest BCUT2D eigenvalue weighted by Gasteiger charge is 2.41. The topological polar surface area (TPSA) is 77.3 Å². The molecule has 1 aliphatic rings. The largest absolute Gasteiger partial charge is 0.497 e. The molecule has 0 aliphatic carbocycles. The predicted octanol–water partition coefficient (Wildman–Crippen LogP) is 4.75. The van der Waals surface area contributed by atoms with Crippen LogP contribution in [0.15, 0.2) is 48.7 Å². The molecule has 0 atom stereocenters. The Morgan fingerprint density at radius 2 is 1.74 bits per heavy atom. The Balaban J connectivity index is 1.73. The van der Waals surface area contributed by atoms with Gasteiger partial charge in [0.25, 0.3) is 11.8 Å². The first kappa shape index (κ1) is 19.5. The zero-order valence-corrected chi connectivity index (χ0v) is 17.9. The number of aryl methyl sites for hydroxylation is 1. The highest BCUT2D eigenvalue weighted by atomic mass is 35.5. The lowest BCUT2D eigenvalue weighted by Crippen LogP contribution is -2.29. The van der Waals surface area contributed by atoms with Crippen LogP contribution in [0.2, 0.25) is 10.0 Å². The van der Waals surface area contributed by atoms with Crippen LogP contribution in [0.3, 0.4) is 0 Å². The number of hydrogen-bond acceptors (Lipinski definition) is 5. The van der Waals surface area contributed by atoms with Crippen LogP contribution in [-0.2, 0) is 7.05 Å². The van der Waals surface area contributed by atoms with E-state index in [1.807, 2.05) is 12.1 Å². The van der Waals surface area contributed by atoms with Gasteiger partial charge in [0.1, 0.15) is 11.4 Å². The Kier molecular flexibility index (Phi) is 4.46. The van der Waals surface area contributed by atoms with Crippen LogP contribution in [0.25, 0.3) is 22.3 Å². The molecule has 0 saturated heterocycles. The van der Waals surface area contributed by atoms with Crippen LogP contribution >= 0.6 is 23.2 Å². The average Bonchev–Trinajstić information content (AvgIpc) is 3.23. The van der Waals surface area contributed by atoms with E-state index in [0.29, 0.717) is 27.5 Å². The summed E-state index contributed by atoms with van der Waals surface area (Å²) < 4.78 is 6.81. The fraction of sp³-hybridized carbons (Fsp3) is 0.0909. The van der Waals surface area contributed by atoms with Gasteiger partial charge in [0.05, 0.1) is 34.3 Å². The monoisotopic (exact) mass is 452 g/mol. The predicted molar refractivity (Wildman–Crippen MR) is 118 cm³/mol. The van der Waals surface area contributed by atoms with E-state index in [2.05, 4.69) is 10.1 Å². The Morgan fingerprint density at radius 3 is 2.42 bits per heavy atom. The summed E-state index contributed by atoms with van der Waals surface area (Å²) >= 11 is 12.3. The molecule has 154 valence electrons. The summed E-state index contributed by atoms with van der Waals surface area (Å²) in [7, 11) is 3.33. The first-order chi connectivity index (χ1) is 14.9. The van der Waals surface area contributed by atoms with Crippen molar-refractivity contribution >= 4 is 51.7 Å². The third-order valence-corrected chi connectivity index (χ3v) is 5.75. The van der Waals surface area contributed by atoms with Gasteiger partial charge >= 0.3 is 0 Å². The van der Waals surface area contributed by atoms with Crippen molar-refractivity contribution in [3.05, 3.63) is 69.8 Å². The molecule has 2 amide bonds. The summed E-state index contributed by atoms with van der Waals surface area (Å²) in [5.74, 6) is -0.287. The van der Waals surface area contributed by atoms with E-state index < -0.39 is 11.8 Å². The van der Waals surface area contributed by atoms with Crippen molar-refractivity contribution in [2.24, 2.45) is 7.05 Å². The van der Waals surface area contributed by atoms with Crippen LogP contribution in [0.5, 0.6) is 5.75 Å². The third kappa shape index (κ3) is 2.89. The molecule has 2 aromatic heterocycles. The van der Waals surface area contributed by atoms with Gasteiger partial charge in [0.2, 0.25) is 0 Å². The van der Waals surface area contributed by atoms with Gasteiger partial charge < -0.3 is 4.74 Å². The summed E-state index contributed by atoms with van der Waals surface area (Å²) in [5.41, 5.74) is 2.53. The maximum absolute atomic E-state index is 13.5. The minimum Gasteiger partial charge on any atom is -0.497 e. The fourth-order valence-corrected chi connectivity index (χ4v) is 4.25. The number of ether oxygens (including phenoxy) is 1. The lowest BCUT2D eigenvalue weighted by molar-refractivity contribution is 0.0926. The minimum atomic E-state index is -0.497. The summed E-state index contributed by atoms with van der Waals surface area (Å²) in [6.45, 7) is 0. The quantitative estimate of drug-likeness (QED) is 0.419. The first-order valence-electron chi connectivity index (χ1n) is 9.24. The van der Waals surface area contributed by atoms with E-state index >= 15 is 0 Å². The van der Waals surface area contributed by atoms with Crippen molar-refractivity contribution in [1.82, 2.24) is 14.8 Å². The molecular formula is C22H14Cl2N4O3. The van der Waals surface area contributed by atoms with Gasteiger partial charge in [-0.05, 0) is 42.5 Å². The molecular weight excluding hydrogens is 439 g/mol. The van der Waals surface area contributed by atoms with Crippen molar-refractivity contribution in [3.8, 4) is 17.0 Å². The van der Waals surface area contributed by atoms with Gasteiger partial charge in [-0.3, -0.25) is 9.59 Å². The van der Waals surface area contributed by atoms with Gasteiger partial charge in [0.15, 0.2) is 5.65 Å². The van der Waals surface area contributed by atoms with Crippen molar-refractivity contribution in [1.29, 1.82) is 0 Å². The number of halogens is 2. The number of anilines is 1. The van der Waals surface area contributed by atoms with E-state index in [1.54, 1.807) is 43.1 Å². The van der Waals surface area contributed by atoms with Gasteiger partial charge in [0, 0.05) is 23.8 Å². The number of methoxy groups -OCH3 is 1. The van der Waals surface area contributed by atoms with Crippen LogP contribution in [0, 0.1) is 0 Å². The molecule has 0 unspecified atom stereocenters. The third-order valence-electron chi connectivity index (χ3n) is 5.22. The maximum Gasteiger partial charge on any atom is 0.267 e. The number of imide groups is 1. The van der Waals surface area contributed by atoms with Crippen LogP contribution in [0.1, 0.15) is 20.7 Å². The second-order valence-corrected chi connectivity index (χ2v) is 7.83. The molecule has 0 radical (unpaired) electrons. The molecule has 31 heavy (non-hydrogen) atoms. The maximum atomic E-state index is 13.5. The number of rotatable bonds is 3. The lowest BCUT2D eigenvalue weighted by Gasteiger charge is -2.15. The molecule has 3 heterocycles. The molecule has 9 heteroatoms. The molecule has 0 spiro atoms. The van der Waals surface area contributed by atoms with Gasteiger partial charge in [-0.1, -0.05) is 23.2 Å². The Bertz CT molecular complexity index is 1400. The lowest BCUT2D eigenvalue weighted by atomic mass is 10.0. The molecule has 0 fully saturated rings. The summed E-state index contributed by atoms with van der Waals surface area (Å²) in [6, 6.07) is 11.9. The number of nitrogens with zero attached hydrogens (tertiary/aromatic N) is 4. The second-order valence-electron chi connectivity index (χ2n) is 6.99. The van der Waals surface area contributed by atoms with Crippen LogP contribution < -0.4 is 9.64 Å². The zero-order chi connectivity index (χ0) is 21.9. The molecule has 4 aromatic rings. The van der Waals surface area contributed by atoms with Crippen molar-refractivity contribution in [2.45, 2.75) is 0 Å². The van der Waals surface area contributed by atoms with Crippen LogP contribution in [-0.4, -0.2) is 33.7 Å². The smallest absolute Gasteiger partial charge is 0.267 e. The van der Waals surface area contributed by atoms with E-state index in [4.69, 9.17) is 27.9 Å². The van der Waals surface area contributed by atoms with Gasteiger partial charge in [-0.25, -0.2) is 14.6 Å². The molecule has 0 saturated carbocycles. The Morgan fingerprint density at radius 1 is 1.00 bits per heavy atom. The first-order valence-corrected chi connectivity index (χ1v) is 10.00. The molecule has 5 rings (SSSR count). The summed E-state index contributed by atoms with van der Waals surface area (Å²) in [5, 5.41) is 5.69. The molecule has 0 N–H and O–H groups in total. The SMILES string of the molecule is COc1ccc(-c2nn(C)c3ncc4c(c23)C(=O)N(c2ccc(Cl)cc2Cl)C4=O)cc1. The van der Waals surface area contributed by atoms with Crippen molar-refractivity contribution < 1.29 is 14.3 Å². The van der Waals surface area contributed by atoms with Gasteiger partial charge in [-0.2, -0.15) is 5.10 Å². The number of fused-ring (bicyclic) bond motifs is 3. The Labute approximate surface area is 186 Å². The van der Waals surface area contributed by atoms with Crippen molar-refractivity contribution in [3.63, 3.8) is 0 Å². The molecule has 7 nitrogen and oxygen atoms in total. The second kappa shape index (κ2) is 7.08. The Hall–Kier alpha value is -3.42. The number of carbonyl (C=O) groups is 2. The number of aromatic nitrogens is 3. The number of amides is 2. The molecule has 2 aromatic carbocycles. The highest BCUT2D eigenvalue weighted by Crippen LogP contribution is 2.39. The van der Waals surface area contributed by atoms with Crippen molar-refractivity contribution in [2.75, 3.05) is 12.0 Å². The van der Waals surface area contributed by atoms with E-state index in [9.17, 15) is 9.59 Å².